The molecule has 0 unspecified atom stereocenters. The van der Waals surface area contributed by atoms with Gasteiger partial charge in [0.25, 0.3) is 5.56 Å². The van der Waals surface area contributed by atoms with Crippen LogP contribution in [-0.2, 0) is 4.79 Å². The Labute approximate surface area is 167 Å². The third-order valence-electron chi connectivity index (χ3n) is 4.96. The normalized spacial score (nSPS) is 15.5. The van der Waals surface area contributed by atoms with Crippen LogP contribution in [0, 0.1) is 0 Å². The van der Waals surface area contributed by atoms with Crippen molar-refractivity contribution in [1.82, 2.24) is 24.5 Å². The smallest absolute Gasteiger partial charge is 0.263 e. The van der Waals surface area contributed by atoms with E-state index in [2.05, 4.69) is 15.5 Å². The van der Waals surface area contributed by atoms with E-state index in [1.165, 1.54) is 11.8 Å². The van der Waals surface area contributed by atoms with Gasteiger partial charge >= 0.3 is 0 Å². The van der Waals surface area contributed by atoms with Gasteiger partial charge < -0.3 is 5.32 Å². The topological polar surface area (TPSA) is 81.3 Å². The molecule has 1 aliphatic rings. The number of fused-ring (bicyclic) bond motifs is 3. The van der Waals surface area contributed by atoms with Gasteiger partial charge in [-0.3, -0.25) is 18.6 Å². The minimum atomic E-state index is -0.278. The molecule has 4 rings (SSSR count). The number of hydrogen-bond acceptors (Lipinski definition) is 5. The van der Waals surface area contributed by atoms with E-state index in [9.17, 15) is 9.59 Å². The number of rotatable bonds is 4. The first kappa shape index (κ1) is 19.0. The van der Waals surface area contributed by atoms with Crippen LogP contribution >= 0.6 is 11.8 Å². The van der Waals surface area contributed by atoms with Gasteiger partial charge in [0.05, 0.1) is 16.7 Å². The molecule has 0 bridgehead atoms. The molecule has 1 fully saturated rings. The molecule has 3 aromatic rings. The highest BCUT2D eigenvalue weighted by atomic mass is 32.2. The summed E-state index contributed by atoms with van der Waals surface area (Å²) in [5.41, 5.74) is 0.491. The fourth-order valence-electron chi connectivity index (χ4n) is 3.87. The highest BCUT2D eigenvalue weighted by Gasteiger charge is 2.25. The molecule has 7 nitrogen and oxygen atoms in total. The van der Waals surface area contributed by atoms with Crippen molar-refractivity contribution in [2.45, 2.75) is 63.2 Å². The van der Waals surface area contributed by atoms with Crippen molar-refractivity contribution in [2.75, 3.05) is 5.75 Å². The molecular weight excluding hydrogens is 374 g/mol. The summed E-state index contributed by atoms with van der Waals surface area (Å²) < 4.78 is 3.73. The first-order valence-corrected chi connectivity index (χ1v) is 10.7. The Kier molecular flexibility index (Phi) is 4.91. The molecule has 0 aliphatic heterocycles. The van der Waals surface area contributed by atoms with Crippen LogP contribution in [0.4, 0.5) is 0 Å². The van der Waals surface area contributed by atoms with Crippen molar-refractivity contribution < 1.29 is 4.79 Å². The molecule has 0 saturated heterocycles. The predicted molar refractivity (Wildman–Crippen MR) is 111 cm³/mol. The van der Waals surface area contributed by atoms with Gasteiger partial charge in [-0.15, -0.1) is 10.2 Å². The van der Waals surface area contributed by atoms with Crippen molar-refractivity contribution in [3.63, 3.8) is 0 Å². The monoisotopic (exact) mass is 399 g/mol. The molecule has 0 atom stereocenters. The van der Waals surface area contributed by atoms with Gasteiger partial charge in [-0.2, -0.15) is 0 Å². The standard InChI is InChI=1S/C20H25N5O2S/c1-20(2,3)21-16(26)12-28-19-23-22-18-24(13-8-4-5-9-13)17(27)14-10-6-7-11-15(14)25(18)19/h6-7,10-11,13H,4-5,8-9,12H2,1-3H3,(H,21,26). The zero-order chi connectivity index (χ0) is 19.9. The number of aromatic nitrogens is 4. The highest BCUT2D eigenvalue weighted by Crippen LogP contribution is 2.31. The van der Waals surface area contributed by atoms with Gasteiger partial charge in [0.2, 0.25) is 11.7 Å². The van der Waals surface area contributed by atoms with Gasteiger partial charge in [-0.1, -0.05) is 36.7 Å². The summed E-state index contributed by atoms with van der Waals surface area (Å²) in [6, 6.07) is 7.70. The van der Waals surface area contributed by atoms with E-state index in [1.54, 1.807) is 0 Å². The van der Waals surface area contributed by atoms with Crippen molar-refractivity contribution in [3.05, 3.63) is 34.6 Å². The lowest BCUT2D eigenvalue weighted by molar-refractivity contribution is -0.119. The summed E-state index contributed by atoms with van der Waals surface area (Å²) in [4.78, 5) is 25.4. The molecular formula is C20H25N5O2S. The maximum Gasteiger partial charge on any atom is 0.263 e. The molecule has 2 aromatic heterocycles. The summed E-state index contributed by atoms with van der Waals surface area (Å²) in [6.45, 7) is 5.86. The number of carbonyl (C=O) groups is 1. The van der Waals surface area contributed by atoms with Gasteiger partial charge in [-0.05, 0) is 45.7 Å². The van der Waals surface area contributed by atoms with Crippen LogP contribution < -0.4 is 10.9 Å². The first-order valence-electron chi connectivity index (χ1n) is 9.67. The Morgan fingerprint density at radius 1 is 1.21 bits per heavy atom. The molecule has 0 radical (unpaired) electrons. The average molecular weight is 400 g/mol. The fourth-order valence-corrected chi connectivity index (χ4v) is 4.61. The first-order chi connectivity index (χ1) is 13.3. The van der Waals surface area contributed by atoms with Gasteiger partial charge in [0.1, 0.15) is 0 Å². The number of hydrogen-bond donors (Lipinski definition) is 1. The third-order valence-corrected chi connectivity index (χ3v) is 5.89. The van der Waals surface area contributed by atoms with Crippen LogP contribution in [0.2, 0.25) is 0 Å². The molecule has 1 amide bonds. The molecule has 8 heteroatoms. The zero-order valence-corrected chi connectivity index (χ0v) is 17.3. The summed E-state index contributed by atoms with van der Waals surface area (Å²) >= 11 is 1.34. The van der Waals surface area contributed by atoms with Gasteiger partial charge in [0, 0.05) is 11.6 Å². The second kappa shape index (κ2) is 7.24. The van der Waals surface area contributed by atoms with E-state index in [0.717, 1.165) is 31.2 Å². The minimum absolute atomic E-state index is 0.00979. The fraction of sp³-hybridized carbons (Fsp3) is 0.500. The Hall–Kier alpha value is -2.35. The number of carbonyl (C=O) groups excluding carboxylic acids is 1. The van der Waals surface area contributed by atoms with E-state index in [4.69, 9.17) is 0 Å². The minimum Gasteiger partial charge on any atom is -0.351 e. The Morgan fingerprint density at radius 2 is 1.93 bits per heavy atom. The summed E-state index contributed by atoms with van der Waals surface area (Å²) in [6.07, 6.45) is 4.21. The van der Waals surface area contributed by atoms with Crippen LogP contribution in [0.3, 0.4) is 0 Å². The molecule has 28 heavy (non-hydrogen) atoms. The number of benzene rings is 1. The van der Waals surface area contributed by atoms with Gasteiger partial charge in [-0.25, -0.2) is 0 Å². The van der Waals surface area contributed by atoms with Crippen LogP contribution in [0.5, 0.6) is 0 Å². The average Bonchev–Trinajstić information content (AvgIpc) is 3.29. The Bertz CT molecular complexity index is 1090. The maximum atomic E-state index is 13.2. The number of nitrogens with zero attached hydrogens (tertiary/aromatic N) is 4. The predicted octanol–water partition coefficient (Wildman–Crippen LogP) is 3.17. The lowest BCUT2D eigenvalue weighted by Crippen LogP contribution is -2.41. The van der Waals surface area contributed by atoms with E-state index in [1.807, 2.05) is 54.0 Å². The molecule has 1 N–H and O–H groups in total. The lowest BCUT2D eigenvalue weighted by atomic mass is 10.1. The zero-order valence-electron chi connectivity index (χ0n) is 16.4. The Morgan fingerprint density at radius 3 is 2.64 bits per heavy atom. The van der Waals surface area contributed by atoms with Crippen molar-refractivity contribution in [1.29, 1.82) is 0 Å². The van der Waals surface area contributed by atoms with Crippen molar-refractivity contribution in [3.8, 4) is 0 Å². The van der Waals surface area contributed by atoms with E-state index in [0.29, 0.717) is 16.3 Å². The quantitative estimate of drug-likeness (QED) is 0.682. The van der Waals surface area contributed by atoms with Crippen molar-refractivity contribution in [2.24, 2.45) is 0 Å². The van der Waals surface area contributed by atoms with Crippen LogP contribution in [0.15, 0.2) is 34.2 Å². The van der Waals surface area contributed by atoms with Crippen LogP contribution in [-0.4, -0.2) is 36.4 Å². The molecule has 1 saturated carbocycles. The molecule has 1 aliphatic carbocycles. The molecule has 148 valence electrons. The molecule has 2 heterocycles. The van der Waals surface area contributed by atoms with Gasteiger partial charge in [0.15, 0.2) is 5.16 Å². The number of nitrogens with one attached hydrogen (secondary N) is 1. The summed E-state index contributed by atoms with van der Waals surface area (Å²) in [5, 5.41) is 12.9. The number of amides is 1. The Balaban J connectivity index is 1.79. The SMILES string of the molecule is CC(C)(C)NC(=O)CSc1nnc2n(C3CCCC3)c(=O)c3ccccc3n12. The third kappa shape index (κ3) is 3.53. The van der Waals surface area contributed by atoms with Crippen LogP contribution in [0.1, 0.15) is 52.5 Å². The molecule has 0 spiro atoms. The second-order valence-electron chi connectivity index (χ2n) is 8.34. The maximum absolute atomic E-state index is 13.2. The van der Waals surface area contributed by atoms with E-state index >= 15 is 0 Å². The summed E-state index contributed by atoms with van der Waals surface area (Å²) in [5.74, 6) is 0.756. The second-order valence-corrected chi connectivity index (χ2v) is 9.28. The van der Waals surface area contributed by atoms with E-state index < -0.39 is 0 Å². The highest BCUT2D eigenvalue weighted by molar-refractivity contribution is 7.99. The lowest BCUT2D eigenvalue weighted by Gasteiger charge is -2.20. The van der Waals surface area contributed by atoms with Crippen LogP contribution in [0.25, 0.3) is 16.7 Å². The molecule has 1 aromatic carbocycles. The largest absolute Gasteiger partial charge is 0.351 e. The number of para-hydroxylation sites is 1. The van der Waals surface area contributed by atoms with Crippen molar-refractivity contribution >= 4 is 34.3 Å². The number of thioether (sulfide) groups is 1. The summed E-state index contributed by atoms with van der Waals surface area (Å²) in [7, 11) is 0. The van der Waals surface area contributed by atoms with E-state index in [-0.39, 0.29) is 28.8 Å².